The van der Waals surface area contributed by atoms with Gasteiger partial charge in [-0.15, -0.1) is 11.3 Å². The number of hydrogen-bond acceptors (Lipinski definition) is 5. The van der Waals surface area contributed by atoms with Crippen LogP contribution in [0.1, 0.15) is 9.88 Å². The summed E-state index contributed by atoms with van der Waals surface area (Å²) >= 11 is 6.94. The molecule has 3 N–H and O–H groups in total. The maximum atomic E-state index is 13.8. The van der Waals surface area contributed by atoms with Gasteiger partial charge in [-0.3, -0.25) is 0 Å². The first-order valence-electron chi connectivity index (χ1n) is 5.45. The van der Waals surface area contributed by atoms with Gasteiger partial charge < -0.3 is 5.73 Å². The average molecular weight is 336 g/mol. The number of nitrogens with one attached hydrogen (secondary N) is 1. The number of rotatable bonds is 4. The molecule has 0 saturated heterocycles. The molecule has 1 aromatic heterocycles. The Kier molecular flexibility index (Phi) is 4.28. The Labute approximate surface area is 124 Å². The largest absolute Gasteiger partial charge is 0.399 e. The molecule has 2 rings (SSSR count). The second-order valence-corrected chi connectivity index (χ2v) is 7.45. The van der Waals surface area contributed by atoms with Gasteiger partial charge in [0, 0.05) is 23.3 Å². The number of nitrogens with zero attached hydrogens (tertiary/aromatic N) is 1. The molecule has 0 radical (unpaired) electrons. The van der Waals surface area contributed by atoms with Crippen LogP contribution in [0.25, 0.3) is 0 Å². The summed E-state index contributed by atoms with van der Waals surface area (Å²) in [5, 5.41) is 0.483. The van der Waals surface area contributed by atoms with Crippen LogP contribution in [0.15, 0.2) is 23.2 Å². The molecule has 0 atom stereocenters. The standard InChI is InChI=1S/C11H11ClFN3O2S2/c1-6-15-4-8(19-6)5-16-20(17,18)10-3-7(14)2-9(12)11(10)13/h2-4,16H,5,14H2,1H3. The van der Waals surface area contributed by atoms with Crippen LogP contribution in [0.4, 0.5) is 10.1 Å². The van der Waals surface area contributed by atoms with E-state index in [-0.39, 0.29) is 17.3 Å². The number of nitrogens with two attached hydrogens (primary N) is 1. The van der Waals surface area contributed by atoms with Crippen LogP contribution < -0.4 is 10.5 Å². The highest BCUT2D eigenvalue weighted by molar-refractivity contribution is 7.89. The fraction of sp³-hybridized carbons (Fsp3) is 0.182. The van der Waals surface area contributed by atoms with Crippen molar-refractivity contribution in [1.82, 2.24) is 9.71 Å². The summed E-state index contributed by atoms with van der Waals surface area (Å²) in [5.41, 5.74) is 5.56. The molecule has 0 aliphatic carbocycles. The van der Waals surface area contributed by atoms with E-state index in [9.17, 15) is 12.8 Å². The summed E-state index contributed by atoms with van der Waals surface area (Å²) in [5.74, 6) is -1.02. The minimum Gasteiger partial charge on any atom is -0.399 e. The normalized spacial score (nSPS) is 11.8. The third kappa shape index (κ3) is 3.26. The maximum absolute atomic E-state index is 13.8. The highest BCUT2D eigenvalue weighted by Gasteiger charge is 2.22. The van der Waals surface area contributed by atoms with E-state index in [1.807, 2.05) is 0 Å². The Bertz CT molecular complexity index is 746. The van der Waals surface area contributed by atoms with E-state index in [0.29, 0.717) is 0 Å². The molecule has 0 aliphatic heterocycles. The summed E-state index contributed by atoms with van der Waals surface area (Å²) < 4.78 is 40.2. The van der Waals surface area contributed by atoms with Crippen molar-refractivity contribution in [2.75, 3.05) is 5.73 Å². The Balaban J connectivity index is 2.27. The molecule has 0 saturated carbocycles. The van der Waals surface area contributed by atoms with Crippen molar-refractivity contribution >= 4 is 38.6 Å². The third-order valence-corrected chi connectivity index (χ3v) is 5.00. The zero-order chi connectivity index (χ0) is 14.9. The summed E-state index contributed by atoms with van der Waals surface area (Å²) in [4.78, 5) is 4.16. The Morgan fingerprint density at radius 1 is 1.50 bits per heavy atom. The van der Waals surface area contributed by atoms with E-state index < -0.39 is 20.7 Å². The lowest BCUT2D eigenvalue weighted by Gasteiger charge is -2.08. The number of hydrogen-bond donors (Lipinski definition) is 2. The first-order chi connectivity index (χ1) is 9.29. The molecule has 0 fully saturated rings. The van der Waals surface area contributed by atoms with Crippen LogP contribution in [0, 0.1) is 12.7 Å². The lowest BCUT2D eigenvalue weighted by molar-refractivity contribution is 0.557. The van der Waals surface area contributed by atoms with Crippen molar-refractivity contribution in [2.45, 2.75) is 18.4 Å². The molecule has 0 spiro atoms. The minimum atomic E-state index is -4.04. The van der Waals surface area contributed by atoms with Crippen molar-refractivity contribution in [3.8, 4) is 0 Å². The fourth-order valence-electron chi connectivity index (χ4n) is 1.51. The number of sulfonamides is 1. The van der Waals surface area contributed by atoms with Crippen LogP contribution in [-0.4, -0.2) is 13.4 Å². The molecular formula is C11H11ClFN3O2S2. The fourth-order valence-corrected chi connectivity index (χ4v) is 3.76. The van der Waals surface area contributed by atoms with Crippen molar-refractivity contribution < 1.29 is 12.8 Å². The molecule has 0 unspecified atom stereocenters. The maximum Gasteiger partial charge on any atom is 0.243 e. The second-order valence-electron chi connectivity index (χ2n) is 3.98. The molecular weight excluding hydrogens is 325 g/mol. The van der Waals surface area contributed by atoms with E-state index in [0.717, 1.165) is 22.0 Å². The van der Waals surface area contributed by atoms with Crippen molar-refractivity contribution in [3.63, 3.8) is 0 Å². The summed E-state index contributed by atoms with van der Waals surface area (Å²) in [7, 11) is -4.04. The van der Waals surface area contributed by atoms with Gasteiger partial charge in [0.2, 0.25) is 10.0 Å². The zero-order valence-corrected chi connectivity index (χ0v) is 12.7. The number of nitrogen functional groups attached to an aromatic ring is 1. The molecule has 1 aromatic carbocycles. The van der Waals surface area contributed by atoms with Crippen molar-refractivity contribution in [2.24, 2.45) is 0 Å². The van der Waals surface area contributed by atoms with Gasteiger partial charge in [-0.1, -0.05) is 11.6 Å². The molecule has 2 aromatic rings. The quantitative estimate of drug-likeness (QED) is 0.840. The molecule has 0 amide bonds. The average Bonchev–Trinajstić information content (AvgIpc) is 2.77. The summed E-state index contributed by atoms with van der Waals surface area (Å²) in [6.07, 6.45) is 1.56. The van der Waals surface area contributed by atoms with E-state index in [4.69, 9.17) is 17.3 Å². The number of aromatic nitrogens is 1. The second kappa shape index (κ2) is 5.65. The van der Waals surface area contributed by atoms with Crippen LogP contribution in [0.2, 0.25) is 5.02 Å². The highest BCUT2D eigenvalue weighted by Crippen LogP contribution is 2.25. The lowest BCUT2D eigenvalue weighted by Crippen LogP contribution is -2.24. The number of aryl methyl sites for hydroxylation is 1. The Morgan fingerprint density at radius 2 is 2.20 bits per heavy atom. The molecule has 9 heteroatoms. The molecule has 0 aliphatic rings. The predicted molar refractivity (Wildman–Crippen MR) is 76.7 cm³/mol. The molecule has 20 heavy (non-hydrogen) atoms. The van der Waals surface area contributed by atoms with Crippen LogP contribution in [-0.2, 0) is 16.6 Å². The van der Waals surface area contributed by atoms with Gasteiger partial charge in [0.25, 0.3) is 0 Å². The van der Waals surface area contributed by atoms with Crippen LogP contribution in [0.5, 0.6) is 0 Å². The van der Waals surface area contributed by atoms with Crippen LogP contribution >= 0.6 is 22.9 Å². The van der Waals surface area contributed by atoms with E-state index >= 15 is 0 Å². The third-order valence-electron chi connectivity index (χ3n) is 2.41. The number of anilines is 1. The van der Waals surface area contributed by atoms with Gasteiger partial charge in [0.05, 0.1) is 10.0 Å². The topological polar surface area (TPSA) is 85.1 Å². The molecule has 5 nitrogen and oxygen atoms in total. The van der Waals surface area contributed by atoms with Crippen LogP contribution in [0.3, 0.4) is 0 Å². The van der Waals surface area contributed by atoms with Gasteiger partial charge in [-0.05, 0) is 19.1 Å². The van der Waals surface area contributed by atoms with E-state index in [1.165, 1.54) is 11.3 Å². The first-order valence-corrected chi connectivity index (χ1v) is 8.13. The minimum absolute atomic E-state index is 0.0275. The first kappa shape index (κ1) is 15.2. The molecule has 108 valence electrons. The highest BCUT2D eigenvalue weighted by atomic mass is 35.5. The van der Waals surface area contributed by atoms with Gasteiger partial charge in [0.1, 0.15) is 4.90 Å². The predicted octanol–water partition coefficient (Wildman–Crippen LogP) is 2.30. The van der Waals surface area contributed by atoms with Gasteiger partial charge >= 0.3 is 0 Å². The number of halogens is 2. The van der Waals surface area contributed by atoms with Crippen molar-refractivity contribution in [1.29, 1.82) is 0 Å². The lowest BCUT2D eigenvalue weighted by atomic mass is 10.3. The van der Waals surface area contributed by atoms with Crippen molar-refractivity contribution in [3.05, 3.63) is 39.1 Å². The van der Waals surface area contributed by atoms with Gasteiger partial charge in [-0.25, -0.2) is 22.5 Å². The number of thiazole rings is 1. The Morgan fingerprint density at radius 3 is 2.80 bits per heavy atom. The Hall–Kier alpha value is -1.22. The smallest absolute Gasteiger partial charge is 0.243 e. The van der Waals surface area contributed by atoms with E-state index in [1.54, 1.807) is 13.1 Å². The summed E-state index contributed by atoms with van der Waals surface area (Å²) in [6, 6.07) is 2.18. The summed E-state index contributed by atoms with van der Waals surface area (Å²) in [6.45, 7) is 1.83. The van der Waals surface area contributed by atoms with E-state index in [2.05, 4.69) is 9.71 Å². The monoisotopic (exact) mass is 335 g/mol. The molecule has 1 heterocycles. The van der Waals surface area contributed by atoms with Gasteiger partial charge in [-0.2, -0.15) is 0 Å². The van der Waals surface area contributed by atoms with Gasteiger partial charge in [0.15, 0.2) is 5.82 Å². The number of benzene rings is 1. The SMILES string of the molecule is Cc1ncc(CNS(=O)(=O)c2cc(N)cc(Cl)c2F)s1. The zero-order valence-electron chi connectivity index (χ0n) is 10.4. The molecule has 0 bridgehead atoms.